The number of carbonyl (C=O) groups excluding carboxylic acids is 2. The second-order valence-corrected chi connectivity index (χ2v) is 6.73. The minimum atomic E-state index is -0.394. The minimum absolute atomic E-state index is 0.257. The lowest BCUT2D eigenvalue weighted by Crippen LogP contribution is -2.16. The van der Waals surface area contributed by atoms with Crippen LogP contribution in [0, 0.1) is 12.3 Å². The summed E-state index contributed by atoms with van der Waals surface area (Å²) in [4.78, 5) is 29.3. The molecule has 0 unspecified atom stereocenters. The van der Waals surface area contributed by atoms with E-state index in [1.165, 1.54) is 11.3 Å². The number of ether oxygens (including phenoxy) is 2. The Kier molecular flexibility index (Phi) is 5.92. The molecule has 6 nitrogen and oxygen atoms in total. The van der Waals surface area contributed by atoms with E-state index in [0.717, 1.165) is 10.2 Å². The molecule has 7 heteroatoms. The van der Waals surface area contributed by atoms with Crippen LogP contribution in [0.15, 0.2) is 47.5 Å². The van der Waals surface area contributed by atoms with Crippen molar-refractivity contribution in [3.8, 4) is 18.1 Å². The van der Waals surface area contributed by atoms with Gasteiger partial charge in [0.25, 0.3) is 5.91 Å². The molecular weight excluding hydrogens is 376 g/mol. The maximum absolute atomic E-state index is 12.6. The van der Waals surface area contributed by atoms with Crippen molar-refractivity contribution in [2.45, 2.75) is 13.5 Å². The Bertz CT molecular complexity index is 1130. The van der Waals surface area contributed by atoms with Crippen LogP contribution in [0.1, 0.15) is 27.6 Å². The van der Waals surface area contributed by atoms with Gasteiger partial charge in [0.2, 0.25) is 0 Å². The topological polar surface area (TPSA) is 69.9 Å². The van der Waals surface area contributed by atoms with Gasteiger partial charge < -0.3 is 14.0 Å². The van der Waals surface area contributed by atoms with Gasteiger partial charge >= 0.3 is 5.97 Å². The fourth-order valence-electron chi connectivity index (χ4n) is 2.63. The predicted molar refractivity (Wildman–Crippen MR) is 107 cm³/mol. The van der Waals surface area contributed by atoms with E-state index in [4.69, 9.17) is 15.9 Å². The van der Waals surface area contributed by atoms with Crippen molar-refractivity contribution in [3.63, 3.8) is 0 Å². The van der Waals surface area contributed by atoms with Crippen LogP contribution < -0.4 is 9.54 Å². The molecule has 0 bridgehead atoms. The SMILES string of the molecule is C#CCn1c(=NC(=O)c2ccc(OC)cc2)sc2cc(C(=O)OCC)ccc21. The zero-order valence-corrected chi connectivity index (χ0v) is 16.3. The van der Waals surface area contributed by atoms with Crippen LogP contribution in [-0.4, -0.2) is 30.2 Å². The van der Waals surface area contributed by atoms with Gasteiger partial charge in [-0.1, -0.05) is 17.3 Å². The second-order valence-electron chi connectivity index (χ2n) is 5.72. The molecule has 0 radical (unpaired) electrons. The highest BCUT2D eigenvalue weighted by Crippen LogP contribution is 2.20. The first-order chi connectivity index (χ1) is 13.6. The quantitative estimate of drug-likeness (QED) is 0.492. The van der Waals surface area contributed by atoms with Crippen molar-refractivity contribution >= 4 is 33.4 Å². The molecule has 0 aliphatic carbocycles. The summed E-state index contributed by atoms with van der Waals surface area (Å²) in [5.74, 6) is 2.46. The van der Waals surface area contributed by atoms with E-state index in [1.54, 1.807) is 61.1 Å². The molecule has 0 fully saturated rings. The number of carbonyl (C=O) groups is 2. The second kappa shape index (κ2) is 8.55. The third-order valence-corrected chi connectivity index (χ3v) is 5.02. The number of fused-ring (bicyclic) bond motifs is 1. The molecule has 2 aromatic carbocycles. The van der Waals surface area contributed by atoms with E-state index in [0.29, 0.717) is 28.3 Å². The van der Waals surface area contributed by atoms with Crippen molar-refractivity contribution < 1.29 is 19.1 Å². The number of esters is 1. The first kappa shape index (κ1) is 19.4. The monoisotopic (exact) mass is 394 g/mol. The zero-order chi connectivity index (χ0) is 20.1. The Balaban J connectivity index is 2.06. The van der Waals surface area contributed by atoms with Gasteiger partial charge in [-0.05, 0) is 49.4 Å². The number of terminal acetylenes is 1. The summed E-state index contributed by atoms with van der Waals surface area (Å²) in [5, 5.41) is 0. The van der Waals surface area contributed by atoms with Gasteiger partial charge in [-0.15, -0.1) is 6.42 Å². The Morgan fingerprint density at radius 1 is 1.18 bits per heavy atom. The first-order valence-electron chi connectivity index (χ1n) is 8.54. The van der Waals surface area contributed by atoms with Crippen LogP contribution >= 0.6 is 11.3 Å². The molecule has 0 N–H and O–H groups in total. The lowest BCUT2D eigenvalue weighted by atomic mass is 10.2. The lowest BCUT2D eigenvalue weighted by molar-refractivity contribution is 0.0526. The third-order valence-electron chi connectivity index (χ3n) is 3.98. The predicted octanol–water partition coefficient (Wildman–Crippen LogP) is 3.26. The number of aromatic nitrogens is 1. The summed E-state index contributed by atoms with van der Waals surface area (Å²) in [6.07, 6.45) is 5.49. The van der Waals surface area contributed by atoms with Gasteiger partial charge in [0.05, 0.1) is 36.0 Å². The van der Waals surface area contributed by atoms with E-state index < -0.39 is 5.97 Å². The Morgan fingerprint density at radius 2 is 1.89 bits per heavy atom. The van der Waals surface area contributed by atoms with Gasteiger partial charge in [0.15, 0.2) is 4.80 Å². The number of benzene rings is 2. The highest BCUT2D eigenvalue weighted by molar-refractivity contribution is 7.16. The van der Waals surface area contributed by atoms with Gasteiger partial charge in [0.1, 0.15) is 5.75 Å². The molecule has 142 valence electrons. The van der Waals surface area contributed by atoms with Crippen LogP contribution in [0.5, 0.6) is 5.75 Å². The minimum Gasteiger partial charge on any atom is -0.497 e. The summed E-state index contributed by atoms with van der Waals surface area (Å²) in [7, 11) is 1.56. The summed E-state index contributed by atoms with van der Waals surface area (Å²) >= 11 is 1.29. The molecule has 1 amide bonds. The number of hydrogen-bond donors (Lipinski definition) is 0. The van der Waals surface area contributed by atoms with Crippen LogP contribution in [0.2, 0.25) is 0 Å². The number of thiazole rings is 1. The van der Waals surface area contributed by atoms with E-state index in [9.17, 15) is 9.59 Å². The molecule has 0 saturated heterocycles. The number of hydrogen-bond acceptors (Lipinski definition) is 5. The highest BCUT2D eigenvalue weighted by Gasteiger charge is 2.12. The van der Waals surface area contributed by atoms with Crippen LogP contribution in [0.25, 0.3) is 10.2 Å². The molecule has 1 aromatic heterocycles. The Labute approximate surface area is 166 Å². The van der Waals surface area contributed by atoms with Crippen molar-refractivity contribution in [3.05, 3.63) is 58.4 Å². The summed E-state index contributed by atoms with van der Waals surface area (Å²) in [6.45, 7) is 2.31. The molecular formula is C21H18N2O4S. The maximum Gasteiger partial charge on any atom is 0.338 e. The number of nitrogens with zero attached hydrogens (tertiary/aromatic N) is 2. The number of methoxy groups -OCH3 is 1. The van der Waals surface area contributed by atoms with Gasteiger partial charge in [-0.3, -0.25) is 4.79 Å². The molecule has 1 heterocycles. The summed E-state index contributed by atoms with van der Waals surface area (Å²) < 4.78 is 12.7. The number of rotatable bonds is 5. The first-order valence-corrected chi connectivity index (χ1v) is 9.36. The normalized spacial score (nSPS) is 11.2. The molecule has 3 rings (SSSR count). The third kappa shape index (κ3) is 3.97. The molecule has 0 spiro atoms. The molecule has 0 aliphatic rings. The van der Waals surface area contributed by atoms with Gasteiger partial charge in [-0.2, -0.15) is 4.99 Å². The van der Waals surface area contributed by atoms with E-state index >= 15 is 0 Å². The maximum atomic E-state index is 12.6. The van der Waals surface area contributed by atoms with E-state index in [2.05, 4.69) is 10.9 Å². The lowest BCUT2D eigenvalue weighted by Gasteiger charge is -2.03. The zero-order valence-electron chi connectivity index (χ0n) is 15.5. The smallest absolute Gasteiger partial charge is 0.338 e. The molecule has 3 aromatic rings. The van der Waals surface area contributed by atoms with E-state index in [1.807, 2.05) is 0 Å². The van der Waals surface area contributed by atoms with E-state index in [-0.39, 0.29) is 12.5 Å². The molecule has 0 saturated carbocycles. The molecule has 0 atom stereocenters. The average molecular weight is 394 g/mol. The van der Waals surface area contributed by atoms with Crippen molar-refractivity contribution in [2.24, 2.45) is 4.99 Å². The molecule has 0 aliphatic heterocycles. The van der Waals surface area contributed by atoms with Crippen molar-refractivity contribution in [1.29, 1.82) is 0 Å². The van der Waals surface area contributed by atoms with Crippen molar-refractivity contribution in [1.82, 2.24) is 4.57 Å². The standard InChI is InChI=1S/C21H18N2O4S/c1-4-12-23-17-11-8-15(20(25)27-5-2)13-18(17)28-21(23)22-19(24)14-6-9-16(26-3)10-7-14/h1,6-11,13H,5,12H2,2-3H3. The average Bonchev–Trinajstić information content (AvgIpc) is 3.04. The van der Waals surface area contributed by atoms with Gasteiger partial charge in [-0.25, -0.2) is 4.79 Å². The summed E-state index contributed by atoms with van der Waals surface area (Å²) in [5.41, 5.74) is 1.69. The van der Waals surface area contributed by atoms with Gasteiger partial charge in [0, 0.05) is 5.56 Å². The largest absolute Gasteiger partial charge is 0.497 e. The van der Waals surface area contributed by atoms with Crippen molar-refractivity contribution in [2.75, 3.05) is 13.7 Å². The van der Waals surface area contributed by atoms with Crippen LogP contribution in [0.3, 0.4) is 0 Å². The van der Waals surface area contributed by atoms with Crippen LogP contribution in [-0.2, 0) is 11.3 Å². The Hall–Kier alpha value is -3.37. The summed E-state index contributed by atoms with van der Waals surface area (Å²) in [6, 6.07) is 11.9. The fraction of sp³-hybridized carbons (Fsp3) is 0.190. The highest BCUT2D eigenvalue weighted by atomic mass is 32.1. The fourth-order valence-corrected chi connectivity index (χ4v) is 3.70. The number of amides is 1. The Morgan fingerprint density at radius 3 is 2.54 bits per heavy atom. The van der Waals surface area contributed by atoms with Crippen LogP contribution in [0.4, 0.5) is 0 Å². The molecule has 28 heavy (non-hydrogen) atoms.